The summed E-state index contributed by atoms with van der Waals surface area (Å²) in [6.45, 7) is 9.59. The third-order valence-corrected chi connectivity index (χ3v) is 11.6. The van der Waals surface area contributed by atoms with Crippen molar-refractivity contribution in [2.24, 2.45) is 9.98 Å². The van der Waals surface area contributed by atoms with Crippen LogP contribution >= 0.6 is 11.8 Å². The molecule has 0 saturated carbocycles. The van der Waals surface area contributed by atoms with Gasteiger partial charge in [-0.05, 0) is 85.3 Å². The maximum atomic E-state index is 13.0. The highest BCUT2D eigenvalue weighted by Crippen LogP contribution is 2.41. The second-order valence-electron chi connectivity index (χ2n) is 15.3. The third-order valence-electron chi connectivity index (χ3n) is 10.6. The molecule has 19 heteroatoms. The molecule has 0 bridgehead atoms. The standard InChI is InChI=1S/C48H53N9O9S/c1-2-65-47(62)42-43(60)41(67-46(42)53-35-6-4-3-5-7-35)27-32-8-13-40(39(59)26-32)66-25-22-57-19-17-56(18-20-57)21-24-64-23-16-51-45(61)34-28-37(52-31-58)30-38(29-34)55-48(63)54-36-11-9-33(10-12-36)44-49-14-15-50-44/h3-13,26-31,59-60H,2,14-25H2,1H3,(H,49,50)(H,51,61)(H,52,58)(H2,54,55,63)/b41-27-,53-46?. The van der Waals surface area contributed by atoms with Crippen LogP contribution in [0.15, 0.2) is 117 Å². The van der Waals surface area contributed by atoms with Crippen molar-refractivity contribution in [3.05, 3.63) is 124 Å². The number of hydrogen-bond donors (Lipinski definition) is 7. The Balaban J connectivity index is 0.788. The molecule has 7 rings (SSSR count). The number of nitrogens with one attached hydrogen (secondary N) is 5. The second kappa shape index (κ2) is 23.8. The van der Waals surface area contributed by atoms with E-state index in [1.807, 2.05) is 30.3 Å². The zero-order valence-corrected chi connectivity index (χ0v) is 37.8. The molecule has 0 spiro atoms. The number of amidine groups is 1. The highest BCUT2D eigenvalue weighted by Gasteiger charge is 2.33. The third kappa shape index (κ3) is 13.7. The molecule has 0 radical (unpaired) electrons. The molecule has 3 aliphatic rings. The SMILES string of the molecule is CCOC(=O)C1=C(O)/C(=C/c2ccc(OCCN3CCN(CCOCCNC(=O)c4cc(NC=O)cc(NC(=O)Nc5ccc(C6=NCCN6)cc5)c4)CC3)c(O)c2)SC1=Nc1ccccc1. The number of urea groups is 1. The summed E-state index contributed by atoms with van der Waals surface area (Å²) >= 11 is 1.14. The maximum absolute atomic E-state index is 13.0. The summed E-state index contributed by atoms with van der Waals surface area (Å²) in [7, 11) is 0. The zero-order valence-electron chi connectivity index (χ0n) is 37.0. The highest BCUT2D eigenvalue weighted by atomic mass is 32.2. The summed E-state index contributed by atoms with van der Waals surface area (Å²) in [6.07, 6.45) is 2.17. The molecule has 1 saturated heterocycles. The molecule has 18 nitrogen and oxygen atoms in total. The number of benzene rings is 4. The molecule has 4 amide bonds. The molecular weight excluding hydrogens is 879 g/mol. The molecular formula is C48H53N9O9S. The van der Waals surface area contributed by atoms with Gasteiger partial charge >= 0.3 is 12.0 Å². The van der Waals surface area contributed by atoms with Crippen molar-refractivity contribution in [2.45, 2.75) is 6.92 Å². The Bertz CT molecular complexity index is 2530. The van der Waals surface area contributed by atoms with Gasteiger partial charge in [-0.15, -0.1) is 0 Å². The number of anilines is 3. The number of ether oxygens (including phenoxy) is 3. The van der Waals surface area contributed by atoms with E-state index in [0.29, 0.717) is 76.8 Å². The lowest BCUT2D eigenvalue weighted by molar-refractivity contribution is -0.138. The normalized spacial score (nSPS) is 16.3. The van der Waals surface area contributed by atoms with E-state index in [-0.39, 0.29) is 41.7 Å². The number of rotatable bonds is 20. The van der Waals surface area contributed by atoms with E-state index in [9.17, 15) is 29.4 Å². The molecule has 3 heterocycles. The molecule has 4 aromatic rings. The number of phenolic OH excluding ortho intramolecular Hbond substituents is 1. The van der Waals surface area contributed by atoms with E-state index in [0.717, 1.165) is 69.0 Å². The van der Waals surface area contributed by atoms with Gasteiger partial charge in [0.1, 0.15) is 28.8 Å². The van der Waals surface area contributed by atoms with Gasteiger partial charge in [0, 0.05) is 80.5 Å². The summed E-state index contributed by atoms with van der Waals surface area (Å²) in [5.74, 6) is -0.184. The van der Waals surface area contributed by atoms with Crippen LogP contribution in [0.2, 0.25) is 0 Å². The molecule has 350 valence electrons. The molecule has 67 heavy (non-hydrogen) atoms. The van der Waals surface area contributed by atoms with E-state index in [1.54, 1.807) is 61.5 Å². The molecule has 0 atom stereocenters. The van der Waals surface area contributed by atoms with E-state index >= 15 is 0 Å². The van der Waals surface area contributed by atoms with Crippen LogP contribution in [0.25, 0.3) is 6.08 Å². The fourth-order valence-electron chi connectivity index (χ4n) is 7.24. The maximum Gasteiger partial charge on any atom is 0.344 e. The van der Waals surface area contributed by atoms with Gasteiger partial charge in [-0.3, -0.25) is 24.4 Å². The van der Waals surface area contributed by atoms with Crippen molar-refractivity contribution in [1.29, 1.82) is 0 Å². The highest BCUT2D eigenvalue weighted by molar-refractivity contribution is 8.18. The van der Waals surface area contributed by atoms with E-state index in [2.05, 4.69) is 46.4 Å². The lowest BCUT2D eigenvalue weighted by Gasteiger charge is -2.34. The minimum atomic E-state index is -0.666. The first-order chi connectivity index (χ1) is 32.6. The van der Waals surface area contributed by atoms with Gasteiger partial charge in [0.25, 0.3) is 5.91 Å². The number of aliphatic imine (C=N–C) groups is 2. The summed E-state index contributed by atoms with van der Waals surface area (Å²) in [6, 6.07) is 25.4. The average Bonchev–Trinajstić information content (AvgIpc) is 3.97. The van der Waals surface area contributed by atoms with Crippen LogP contribution in [-0.2, 0) is 19.1 Å². The minimum Gasteiger partial charge on any atom is -0.506 e. The van der Waals surface area contributed by atoms with Gasteiger partial charge in [0.2, 0.25) is 6.41 Å². The van der Waals surface area contributed by atoms with Crippen LogP contribution in [0.3, 0.4) is 0 Å². The van der Waals surface area contributed by atoms with Crippen LogP contribution in [-0.4, -0.2) is 141 Å². The number of aliphatic hydroxyl groups is 1. The monoisotopic (exact) mass is 931 g/mol. The minimum absolute atomic E-state index is 0.00406. The van der Waals surface area contributed by atoms with Gasteiger partial charge < -0.3 is 51.0 Å². The van der Waals surface area contributed by atoms with E-state index < -0.39 is 12.0 Å². The predicted octanol–water partition coefficient (Wildman–Crippen LogP) is 5.59. The smallest absolute Gasteiger partial charge is 0.344 e. The van der Waals surface area contributed by atoms with Crippen molar-refractivity contribution in [1.82, 2.24) is 20.4 Å². The first-order valence-electron chi connectivity index (χ1n) is 21.9. The Morgan fingerprint density at radius 2 is 1.60 bits per heavy atom. The number of esters is 1. The van der Waals surface area contributed by atoms with Crippen LogP contribution in [0, 0.1) is 0 Å². The number of amides is 4. The number of hydrogen-bond acceptors (Lipinski definition) is 15. The lowest BCUT2D eigenvalue weighted by Crippen LogP contribution is -2.48. The number of nitrogens with zero attached hydrogens (tertiary/aromatic N) is 4. The summed E-state index contributed by atoms with van der Waals surface area (Å²) in [5, 5.41) is 36.2. The number of piperazine rings is 1. The number of phenols is 1. The number of thioether (sulfide) groups is 1. The van der Waals surface area contributed by atoms with Crippen LogP contribution in [0.4, 0.5) is 27.5 Å². The first-order valence-corrected chi connectivity index (χ1v) is 22.7. The number of para-hydroxylation sites is 1. The number of aliphatic hydroxyl groups excluding tert-OH is 1. The largest absolute Gasteiger partial charge is 0.506 e. The fraction of sp³-hybridized carbons (Fsp3) is 0.292. The van der Waals surface area contributed by atoms with Gasteiger partial charge in [-0.1, -0.05) is 36.0 Å². The van der Waals surface area contributed by atoms with Crippen molar-refractivity contribution >= 4 is 75.8 Å². The number of carbonyl (C=O) groups is 4. The number of carbonyl (C=O) groups excluding carboxylic acids is 4. The van der Waals surface area contributed by atoms with Crippen LogP contribution in [0.1, 0.15) is 28.4 Å². The van der Waals surface area contributed by atoms with Gasteiger partial charge in [-0.25, -0.2) is 14.6 Å². The van der Waals surface area contributed by atoms with Crippen molar-refractivity contribution in [3.63, 3.8) is 0 Å². The van der Waals surface area contributed by atoms with Crippen LogP contribution < -0.4 is 31.3 Å². The summed E-state index contributed by atoms with van der Waals surface area (Å²) in [5.41, 5.74) is 3.62. The molecule has 0 unspecified atom stereocenters. The Hall–Kier alpha value is -7.19. The van der Waals surface area contributed by atoms with Crippen molar-refractivity contribution < 1.29 is 43.6 Å². The fourth-order valence-corrected chi connectivity index (χ4v) is 8.28. The van der Waals surface area contributed by atoms with Crippen molar-refractivity contribution in [2.75, 3.05) is 101 Å². The predicted molar refractivity (Wildman–Crippen MR) is 260 cm³/mol. The zero-order chi connectivity index (χ0) is 47.0. The van der Waals surface area contributed by atoms with Crippen LogP contribution in [0.5, 0.6) is 11.5 Å². The lowest BCUT2D eigenvalue weighted by atomic mass is 10.1. The molecule has 1 fully saturated rings. The van der Waals surface area contributed by atoms with Gasteiger partial charge in [0.05, 0.1) is 37.0 Å². The van der Waals surface area contributed by atoms with E-state index in [4.69, 9.17) is 14.2 Å². The molecule has 4 aromatic carbocycles. The number of aromatic hydroxyl groups is 1. The molecule has 7 N–H and O–H groups in total. The Kier molecular flexibility index (Phi) is 17.0. The summed E-state index contributed by atoms with van der Waals surface area (Å²) < 4.78 is 16.9. The average molecular weight is 932 g/mol. The Labute approximate surface area is 392 Å². The summed E-state index contributed by atoms with van der Waals surface area (Å²) in [4.78, 5) is 63.7. The van der Waals surface area contributed by atoms with E-state index in [1.165, 1.54) is 12.1 Å². The second-order valence-corrected chi connectivity index (χ2v) is 16.3. The van der Waals surface area contributed by atoms with Gasteiger partial charge in [0.15, 0.2) is 11.5 Å². The quantitative estimate of drug-likeness (QED) is 0.0326. The molecule has 3 aliphatic heterocycles. The Morgan fingerprint density at radius 3 is 2.30 bits per heavy atom. The molecule has 0 aliphatic carbocycles. The topological polar surface area (TPSA) is 228 Å². The van der Waals surface area contributed by atoms with Gasteiger partial charge in [-0.2, -0.15) is 0 Å². The Morgan fingerprint density at radius 1 is 0.866 bits per heavy atom. The first kappa shape index (κ1) is 47.8. The van der Waals surface area contributed by atoms with Crippen molar-refractivity contribution in [3.8, 4) is 11.5 Å². The molecule has 0 aromatic heterocycles.